The SMILES string of the molecule is CCC(N)N1CCC(C)CC1. The quantitative estimate of drug-likeness (QED) is 0.655. The van der Waals surface area contributed by atoms with Gasteiger partial charge in [-0.3, -0.25) is 4.90 Å². The van der Waals surface area contributed by atoms with Gasteiger partial charge in [0.1, 0.15) is 0 Å². The van der Waals surface area contributed by atoms with Crippen LogP contribution >= 0.6 is 0 Å². The predicted octanol–water partition coefficient (Wildman–Crippen LogP) is 1.41. The van der Waals surface area contributed by atoms with Gasteiger partial charge in [-0.25, -0.2) is 0 Å². The lowest BCUT2D eigenvalue weighted by Crippen LogP contribution is -2.45. The lowest BCUT2D eigenvalue weighted by molar-refractivity contribution is 0.137. The molecule has 2 nitrogen and oxygen atoms in total. The second kappa shape index (κ2) is 4.07. The molecule has 0 aliphatic carbocycles. The second-order valence-corrected chi connectivity index (χ2v) is 3.69. The van der Waals surface area contributed by atoms with E-state index >= 15 is 0 Å². The van der Waals surface area contributed by atoms with Gasteiger partial charge in [0.25, 0.3) is 0 Å². The lowest BCUT2D eigenvalue weighted by atomic mass is 9.99. The summed E-state index contributed by atoms with van der Waals surface area (Å²) in [6.07, 6.45) is 4.04. The zero-order chi connectivity index (χ0) is 8.27. The van der Waals surface area contributed by atoms with E-state index in [0.717, 1.165) is 12.3 Å². The van der Waals surface area contributed by atoms with Crippen molar-refractivity contribution in [1.29, 1.82) is 0 Å². The van der Waals surface area contributed by atoms with Gasteiger partial charge in [-0.2, -0.15) is 0 Å². The van der Waals surface area contributed by atoms with Gasteiger partial charge in [0.2, 0.25) is 0 Å². The average molecular weight is 156 g/mol. The van der Waals surface area contributed by atoms with Crippen LogP contribution in [0.4, 0.5) is 0 Å². The monoisotopic (exact) mass is 156 g/mol. The molecule has 0 amide bonds. The van der Waals surface area contributed by atoms with E-state index in [1.165, 1.54) is 25.9 Å². The molecule has 1 saturated heterocycles. The Hall–Kier alpha value is -0.0800. The molecule has 1 unspecified atom stereocenters. The maximum atomic E-state index is 5.92. The molecule has 66 valence electrons. The van der Waals surface area contributed by atoms with Crippen molar-refractivity contribution >= 4 is 0 Å². The van der Waals surface area contributed by atoms with Crippen LogP contribution in [-0.4, -0.2) is 24.2 Å². The average Bonchev–Trinajstić information content (AvgIpc) is 2.05. The largest absolute Gasteiger partial charge is 0.316 e. The van der Waals surface area contributed by atoms with Crippen LogP contribution in [0.25, 0.3) is 0 Å². The molecule has 2 heteroatoms. The molecule has 0 aromatic heterocycles. The normalized spacial score (nSPS) is 25.4. The van der Waals surface area contributed by atoms with Crippen LogP contribution in [0.3, 0.4) is 0 Å². The highest BCUT2D eigenvalue weighted by Crippen LogP contribution is 2.17. The molecule has 11 heavy (non-hydrogen) atoms. The predicted molar refractivity (Wildman–Crippen MR) is 48.2 cm³/mol. The van der Waals surface area contributed by atoms with Crippen LogP contribution < -0.4 is 5.73 Å². The highest BCUT2D eigenvalue weighted by atomic mass is 15.2. The summed E-state index contributed by atoms with van der Waals surface area (Å²) in [5.74, 6) is 0.912. The van der Waals surface area contributed by atoms with Crippen LogP contribution in [0.1, 0.15) is 33.1 Å². The molecular weight excluding hydrogens is 136 g/mol. The Morgan fingerprint density at radius 1 is 1.45 bits per heavy atom. The summed E-state index contributed by atoms with van der Waals surface area (Å²) in [4.78, 5) is 2.40. The second-order valence-electron chi connectivity index (χ2n) is 3.69. The third-order valence-corrected chi connectivity index (χ3v) is 2.71. The molecule has 0 spiro atoms. The summed E-state index contributed by atoms with van der Waals surface area (Å²) in [6, 6.07) is 0. The van der Waals surface area contributed by atoms with E-state index in [2.05, 4.69) is 18.7 Å². The number of hydrogen-bond donors (Lipinski definition) is 1. The van der Waals surface area contributed by atoms with E-state index in [1.54, 1.807) is 0 Å². The van der Waals surface area contributed by atoms with Crippen molar-refractivity contribution in [3.63, 3.8) is 0 Å². The Kier molecular flexibility index (Phi) is 3.34. The molecule has 1 heterocycles. The van der Waals surface area contributed by atoms with Gasteiger partial charge in [0.05, 0.1) is 6.17 Å². The van der Waals surface area contributed by atoms with Crippen molar-refractivity contribution in [1.82, 2.24) is 4.90 Å². The molecule has 0 aromatic carbocycles. The fourth-order valence-electron chi connectivity index (χ4n) is 1.62. The molecule has 1 atom stereocenters. The van der Waals surface area contributed by atoms with Gasteiger partial charge in [-0.15, -0.1) is 0 Å². The first-order valence-electron chi connectivity index (χ1n) is 4.73. The summed E-state index contributed by atoms with van der Waals surface area (Å²) in [5, 5.41) is 0. The van der Waals surface area contributed by atoms with Crippen molar-refractivity contribution in [2.24, 2.45) is 11.7 Å². The first kappa shape index (κ1) is 9.01. The maximum absolute atomic E-state index is 5.92. The minimum atomic E-state index is 0.308. The van der Waals surface area contributed by atoms with Crippen LogP contribution in [0.5, 0.6) is 0 Å². The molecule has 2 N–H and O–H groups in total. The topological polar surface area (TPSA) is 29.3 Å². The highest BCUT2D eigenvalue weighted by Gasteiger charge is 2.18. The molecule has 0 radical (unpaired) electrons. The minimum Gasteiger partial charge on any atom is -0.316 e. The molecule has 1 fully saturated rings. The minimum absolute atomic E-state index is 0.308. The Bertz CT molecular complexity index is 106. The first-order valence-corrected chi connectivity index (χ1v) is 4.73. The van der Waals surface area contributed by atoms with Crippen molar-refractivity contribution in [3.05, 3.63) is 0 Å². The van der Waals surface area contributed by atoms with Gasteiger partial charge in [-0.1, -0.05) is 13.8 Å². The number of nitrogens with two attached hydrogens (primary N) is 1. The fourth-order valence-corrected chi connectivity index (χ4v) is 1.62. The summed E-state index contributed by atoms with van der Waals surface area (Å²) in [7, 11) is 0. The zero-order valence-electron chi connectivity index (χ0n) is 7.71. The maximum Gasteiger partial charge on any atom is 0.0569 e. The number of hydrogen-bond acceptors (Lipinski definition) is 2. The number of nitrogens with zero attached hydrogens (tertiary/aromatic N) is 1. The van der Waals surface area contributed by atoms with E-state index in [9.17, 15) is 0 Å². The van der Waals surface area contributed by atoms with E-state index in [-0.39, 0.29) is 0 Å². The van der Waals surface area contributed by atoms with E-state index in [0.29, 0.717) is 6.17 Å². The Morgan fingerprint density at radius 2 is 2.00 bits per heavy atom. The smallest absolute Gasteiger partial charge is 0.0569 e. The highest BCUT2D eigenvalue weighted by molar-refractivity contribution is 4.72. The van der Waals surface area contributed by atoms with Crippen molar-refractivity contribution in [2.45, 2.75) is 39.3 Å². The summed E-state index contributed by atoms with van der Waals surface area (Å²) in [6.45, 7) is 6.89. The standard InChI is InChI=1S/C9H20N2/c1-3-9(10)11-6-4-8(2)5-7-11/h8-9H,3-7,10H2,1-2H3. The molecule has 1 rings (SSSR count). The summed E-state index contributed by atoms with van der Waals surface area (Å²) in [5.41, 5.74) is 5.92. The number of rotatable bonds is 2. The number of piperidine rings is 1. The molecule has 1 aliphatic rings. The summed E-state index contributed by atoms with van der Waals surface area (Å²) < 4.78 is 0. The van der Waals surface area contributed by atoms with Gasteiger partial charge < -0.3 is 5.73 Å². The number of likely N-dealkylation sites (tertiary alicyclic amines) is 1. The van der Waals surface area contributed by atoms with Crippen molar-refractivity contribution in [2.75, 3.05) is 13.1 Å². The fraction of sp³-hybridized carbons (Fsp3) is 1.00. The van der Waals surface area contributed by atoms with Gasteiger partial charge in [0, 0.05) is 0 Å². The third-order valence-electron chi connectivity index (χ3n) is 2.71. The first-order chi connectivity index (χ1) is 5.24. The van der Waals surface area contributed by atoms with Crippen LogP contribution in [0.2, 0.25) is 0 Å². The Labute approximate surface area is 69.8 Å². The van der Waals surface area contributed by atoms with Gasteiger partial charge in [0.15, 0.2) is 0 Å². The van der Waals surface area contributed by atoms with Gasteiger partial charge >= 0.3 is 0 Å². The Balaban J connectivity index is 2.27. The van der Waals surface area contributed by atoms with Gasteiger partial charge in [-0.05, 0) is 38.3 Å². The summed E-state index contributed by atoms with van der Waals surface area (Å²) >= 11 is 0. The Morgan fingerprint density at radius 3 is 2.45 bits per heavy atom. The van der Waals surface area contributed by atoms with E-state index in [4.69, 9.17) is 5.73 Å². The van der Waals surface area contributed by atoms with Crippen molar-refractivity contribution < 1.29 is 0 Å². The van der Waals surface area contributed by atoms with Crippen molar-refractivity contribution in [3.8, 4) is 0 Å². The molecule has 0 bridgehead atoms. The zero-order valence-corrected chi connectivity index (χ0v) is 7.71. The molecule has 1 aliphatic heterocycles. The third kappa shape index (κ3) is 2.46. The van der Waals surface area contributed by atoms with Crippen LogP contribution in [-0.2, 0) is 0 Å². The molecule has 0 saturated carbocycles. The lowest BCUT2D eigenvalue weighted by Gasteiger charge is -2.34. The van der Waals surface area contributed by atoms with Crippen LogP contribution in [0.15, 0.2) is 0 Å². The van der Waals surface area contributed by atoms with E-state index < -0.39 is 0 Å². The molecule has 0 aromatic rings. The van der Waals surface area contributed by atoms with Crippen LogP contribution in [0, 0.1) is 5.92 Å². The molecular formula is C9H20N2. The van der Waals surface area contributed by atoms with E-state index in [1.807, 2.05) is 0 Å².